The molecule has 0 radical (unpaired) electrons. The van der Waals surface area contributed by atoms with E-state index in [1.165, 1.54) is 6.33 Å². The number of benzene rings is 2. The van der Waals surface area contributed by atoms with Crippen molar-refractivity contribution in [3.8, 4) is 22.8 Å². The number of anilines is 1. The van der Waals surface area contributed by atoms with Gasteiger partial charge in [-0.05, 0) is 75.0 Å². The summed E-state index contributed by atoms with van der Waals surface area (Å²) in [5.74, 6) is 1.90. The molecular weight excluding hydrogens is 412 g/mol. The molecule has 8 heteroatoms. The lowest BCUT2D eigenvalue weighted by Gasteiger charge is -2.29. The smallest absolute Gasteiger partial charge is 0.164 e. The van der Waals surface area contributed by atoms with Gasteiger partial charge in [0.05, 0.1) is 11.4 Å². The quantitative estimate of drug-likeness (QED) is 0.497. The van der Waals surface area contributed by atoms with Gasteiger partial charge in [-0.3, -0.25) is 0 Å². The summed E-state index contributed by atoms with van der Waals surface area (Å²) >= 11 is 5.94. The van der Waals surface area contributed by atoms with Gasteiger partial charge in [0.2, 0.25) is 0 Å². The first-order valence-corrected chi connectivity index (χ1v) is 10.7. The Morgan fingerprint density at radius 2 is 1.74 bits per heavy atom. The first-order chi connectivity index (χ1) is 15.1. The SMILES string of the molecule is CN1CCCC(n2nc(-c3ccc(Oc4ccc(Cl)cc4)cc3)c3c(N)ncnc32)C1. The maximum absolute atomic E-state index is 6.26. The van der Waals surface area contributed by atoms with Crippen molar-refractivity contribution in [2.45, 2.75) is 18.9 Å². The average molecular weight is 435 g/mol. The van der Waals surface area contributed by atoms with E-state index in [2.05, 4.69) is 21.9 Å². The molecule has 2 N–H and O–H groups in total. The van der Waals surface area contributed by atoms with E-state index in [9.17, 15) is 0 Å². The lowest BCUT2D eigenvalue weighted by molar-refractivity contribution is 0.205. The number of nitrogens with zero attached hydrogens (tertiary/aromatic N) is 5. The second-order valence-electron chi connectivity index (χ2n) is 7.89. The molecule has 2 aromatic heterocycles. The Morgan fingerprint density at radius 3 is 2.45 bits per heavy atom. The van der Waals surface area contributed by atoms with E-state index < -0.39 is 0 Å². The Hall–Kier alpha value is -3.16. The van der Waals surface area contributed by atoms with E-state index in [0.717, 1.165) is 59.7 Å². The molecule has 1 unspecified atom stereocenters. The fourth-order valence-electron chi connectivity index (χ4n) is 4.11. The van der Waals surface area contributed by atoms with Crippen LogP contribution in [0.5, 0.6) is 11.5 Å². The molecule has 1 fully saturated rings. The highest BCUT2D eigenvalue weighted by Gasteiger charge is 2.25. The van der Waals surface area contributed by atoms with E-state index in [1.54, 1.807) is 12.1 Å². The Balaban J connectivity index is 1.50. The van der Waals surface area contributed by atoms with Gasteiger partial charge in [-0.1, -0.05) is 11.6 Å². The average Bonchev–Trinajstić information content (AvgIpc) is 3.17. The number of rotatable bonds is 4. The summed E-state index contributed by atoms with van der Waals surface area (Å²) in [5, 5.41) is 6.42. The topological polar surface area (TPSA) is 82.1 Å². The van der Waals surface area contributed by atoms with Crippen LogP contribution < -0.4 is 10.5 Å². The van der Waals surface area contributed by atoms with Gasteiger partial charge in [-0.25, -0.2) is 14.6 Å². The molecule has 3 heterocycles. The molecular formula is C23H23ClN6O. The van der Waals surface area contributed by atoms with E-state index in [1.807, 2.05) is 41.1 Å². The number of likely N-dealkylation sites (N-methyl/N-ethyl adjacent to an activating group) is 1. The number of nitrogen functional groups attached to an aromatic ring is 1. The molecule has 2 aromatic carbocycles. The van der Waals surface area contributed by atoms with E-state index in [-0.39, 0.29) is 6.04 Å². The summed E-state index contributed by atoms with van der Waals surface area (Å²) in [7, 11) is 2.14. The summed E-state index contributed by atoms with van der Waals surface area (Å²) in [6.07, 6.45) is 3.71. The molecule has 0 aliphatic carbocycles. The number of fused-ring (bicyclic) bond motifs is 1. The fourth-order valence-corrected chi connectivity index (χ4v) is 4.24. The molecule has 0 saturated carbocycles. The van der Waals surface area contributed by atoms with Crippen LogP contribution in [0.1, 0.15) is 18.9 Å². The highest BCUT2D eigenvalue weighted by Crippen LogP contribution is 2.34. The van der Waals surface area contributed by atoms with Gasteiger partial charge in [-0.15, -0.1) is 0 Å². The van der Waals surface area contributed by atoms with Crippen LogP contribution >= 0.6 is 11.6 Å². The summed E-state index contributed by atoms with van der Waals surface area (Å²) in [4.78, 5) is 11.1. The van der Waals surface area contributed by atoms with Gasteiger partial charge in [0.1, 0.15) is 29.3 Å². The number of ether oxygens (including phenoxy) is 1. The maximum atomic E-state index is 6.26. The zero-order valence-corrected chi connectivity index (χ0v) is 18.0. The zero-order valence-electron chi connectivity index (χ0n) is 17.2. The molecule has 0 bridgehead atoms. The van der Waals surface area contributed by atoms with Gasteiger partial charge in [0.15, 0.2) is 5.65 Å². The third kappa shape index (κ3) is 3.94. The molecule has 1 atom stereocenters. The second kappa shape index (κ2) is 8.17. The third-order valence-electron chi connectivity index (χ3n) is 5.64. The Morgan fingerprint density at radius 1 is 1.03 bits per heavy atom. The molecule has 31 heavy (non-hydrogen) atoms. The highest BCUT2D eigenvalue weighted by atomic mass is 35.5. The largest absolute Gasteiger partial charge is 0.457 e. The van der Waals surface area contributed by atoms with Crippen molar-refractivity contribution < 1.29 is 4.74 Å². The van der Waals surface area contributed by atoms with Gasteiger partial charge in [-0.2, -0.15) is 5.10 Å². The lowest BCUT2D eigenvalue weighted by atomic mass is 10.1. The number of hydrogen-bond acceptors (Lipinski definition) is 6. The number of halogens is 1. The predicted molar refractivity (Wildman–Crippen MR) is 122 cm³/mol. The minimum atomic E-state index is 0.261. The molecule has 4 aromatic rings. The standard InChI is InChI=1S/C23H23ClN6O/c1-29-12-2-3-17(13-29)30-23-20(22(25)26-14-27-23)21(28-30)15-4-8-18(9-5-15)31-19-10-6-16(24)7-11-19/h4-11,14,17H,2-3,12-13H2,1H3,(H2,25,26,27). The minimum Gasteiger partial charge on any atom is -0.457 e. The van der Waals surface area contributed by atoms with Crippen LogP contribution in [0.3, 0.4) is 0 Å². The van der Waals surface area contributed by atoms with E-state index in [0.29, 0.717) is 10.8 Å². The summed E-state index contributed by atoms with van der Waals surface area (Å²) in [6, 6.07) is 15.3. The number of hydrogen-bond donors (Lipinski definition) is 1. The van der Waals surface area contributed by atoms with Crippen LogP contribution in [0.4, 0.5) is 5.82 Å². The minimum absolute atomic E-state index is 0.261. The first-order valence-electron chi connectivity index (χ1n) is 10.3. The van der Waals surface area contributed by atoms with Crippen LogP contribution in [-0.2, 0) is 0 Å². The zero-order chi connectivity index (χ0) is 21.4. The summed E-state index contributed by atoms with van der Waals surface area (Å²) in [6.45, 7) is 2.04. The summed E-state index contributed by atoms with van der Waals surface area (Å²) < 4.78 is 7.93. The Kier molecular flexibility index (Phi) is 5.21. The fraction of sp³-hybridized carbons (Fsp3) is 0.261. The van der Waals surface area contributed by atoms with Gasteiger partial charge >= 0.3 is 0 Å². The first kappa shape index (κ1) is 19.8. The van der Waals surface area contributed by atoms with Gasteiger partial charge in [0, 0.05) is 17.1 Å². The number of likely N-dealkylation sites (tertiary alicyclic amines) is 1. The van der Waals surface area contributed by atoms with Crippen LogP contribution in [0, 0.1) is 0 Å². The molecule has 0 spiro atoms. The van der Waals surface area contributed by atoms with Crippen LogP contribution in [0.2, 0.25) is 5.02 Å². The normalized spacial score (nSPS) is 17.2. The van der Waals surface area contributed by atoms with Gasteiger partial charge in [0.25, 0.3) is 0 Å². The van der Waals surface area contributed by atoms with Crippen molar-refractivity contribution in [1.29, 1.82) is 0 Å². The number of piperidine rings is 1. The molecule has 5 rings (SSSR count). The van der Waals surface area contributed by atoms with E-state index >= 15 is 0 Å². The molecule has 1 aliphatic heterocycles. The van der Waals surface area contributed by atoms with Crippen molar-refractivity contribution in [3.05, 3.63) is 59.9 Å². The molecule has 0 amide bonds. The van der Waals surface area contributed by atoms with Crippen molar-refractivity contribution in [2.24, 2.45) is 0 Å². The lowest BCUT2D eigenvalue weighted by Crippen LogP contribution is -2.34. The third-order valence-corrected chi connectivity index (χ3v) is 5.89. The van der Waals surface area contributed by atoms with E-state index in [4.69, 9.17) is 27.2 Å². The van der Waals surface area contributed by atoms with Crippen molar-refractivity contribution in [2.75, 3.05) is 25.9 Å². The Labute approximate surface area is 185 Å². The van der Waals surface area contributed by atoms with Crippen molar-refractivity contribution >= 4 is 28.5 Å². The van der Waals surface area contributed by atoms with Crippen LogP contribution in [0.15, 0.2) is 54.9 Å². The molecule has 158 valence electrons. The molecule has 7 nitrogen and oxygen atoms in total. The Bertz CT molecular complexity index is 1210. The summed E-state index contributed by atoms with van der Waals surface area (Å²) in [5.41, 5.74) is 8.77. The molecule has 1 aliphatic rings. The van der Waals surface area contributed by atoms with Crippen molar-refractivity contribution in [3.63, 3.8) is 0 Å². The van der Waals surface area contributed by atoms with Crippen LogP contribution in [0.25, 0.3) is 22.3 Å². The maximum Gasteiger partial charge on any atom is 0.164 e. The number of nitrogens with two attached hydrogens (primary N) is 1. The van der Waals surface area contributed by atoms with Crippen LogP contribution in [-0.4, -0.2) is 44.8 Å². The van der Waals surface area contributed by atoms with Crippen molar-refractivity contribution in [1.82, 2.24) is 24.6 Å². The molecule has 1 saturated heterocycles. The van der Waals surface area contributed by atoms with Gasteiger partial charge < -0.3 is 15.4 Å². The monoisotopic (exact) mass is 434 g/mol. The number of aromatic nitrogens is 4. The predicted octanol–water partition coefficient (Wildman–Crippen LogP) is 4.79. The highest BCUT2D eigenvalue weighted by molar-refractivity contribution is 6.30. The second-order valence-corrected chi connectivity index (χ2v) is 8.33.